The highest BCUT2D eigenvalue weighted by molar-refractivity contribution is 7.93. The largest absolute Gasteiger partial charge is 0.348 e. The molecule has 4 rings (SSSR count). The number of carbonyl (C=O) groups is 1. The van der Waals surface area contributed by atoms with Gasteiger partial charge >= 0.3 is 0 Å². The van der Waals surface area contributed by atoms with Gasteiger partial charge in [0, 0.05) is 10.4 Å². The lowest BCUT2D eigenvalue weighted by molar-refractivity contribution is -0.120. The van der Waals surface area contributed by atoms with Gasteiger partial charge in [0.05, 0.1) is 16.6 Å². The molecular weight excluding hydrogens is 384 g/mol. The molecule has 0 bridgehead atoms. The van der Waals surface area contributed by atoms with Gasteiger partial charge in [-0.3, -0.25) is 9.10 Å². The fraction of sp³-hybridized carbons (Fsp3) is 0.150. The molecule has 0 saturated carbocycles. The summed E-state index contributed by atoms with van der Waals surface area (Å²) in [7, 11) is -3.74. The summed E-state index contributed by atoms with van der Waals surface area (Å²) in [4.78, 5) is 12.8. The van der Waals surface area contributed by atoms with E-state index in [-0.39, 0.29) is 23.4 Å². The Hall–Kier alpha value is -2.57. The lowest BCUT2D eigenvalue weighted by atomic mass is 10.1. The zero-order chi connectivity index (χ0) is 19.2. The summed E-state index contributed by atoms with van der Waals surface area (Å²) in [5.74, 6) is -0.370. The first-order valence-corrected chi connectivity index (χ1v) is 10.3. The van der Waals surface area contributed by atoms with E-state index in [2.05, 4.69) is 5.32 Å². The van der Waals surface area contributed by atoms with Crippen molar-refractivity contribution in [1.82, 2.24) is 5.32 Å². The molecule has 1 amide bonds. The van der Waals surface area contributed by atoms with Gasteiger partial charge in [0.25, 0.3) is 10.0 Å². The Bertz CT molecular complexity index is 1140. The quantitative estimate of drug-likeness (QED) is 0.722. The molecule has 0 fully saturated rings. The summed E-state index contributed by atoms with van der Waals surface area (Å²) in [6.07, 6.45) is 0. The number of hydrogen-bond acceptors (Lipinski definition) is 3. The van der Waals surface area contributed by atoms with Crippen LogP contribution in [0.15, 0.2) is 65.6 Å². The summed E-state index contributed by atoms with van der Waals surface area (Å²) in [6, 6.07) is 17.4. The van der Waals surface area contributed by atoms with Gasteiger partial charge in [0.2, 0.25) is 5.91 Å². The standard InChI is InChI=1S/C20H17ClN2O3S/c1-13(14-8-10-16(21)11-9-14)22-19(24)12-23-17-6-2-4-15-5-3-7-18(20(15)17)27(23,25)26/h2-11,13H,12H2,1H3,(H,22,24)/t13-/m1/s1. The van der Waals surface area contributed by atoms with E-state index >= 15 is 0 Å². The second-order valence-electron chi connectivity index (χ2n) is 6.48. The van der Waals surface area contributed by atoms with E-state index in [1.807, 2.05) is 31.2 Å². The number of nitrogens with one attached hydrogen (secondary N) is 1. The Morgan fingerprint density at radius 1 is 1.07 bits per heavy atom. The zero-order valence-corrected chi connectivity index (χ0v) is 16.1. The molecule has 0 spiro atoms. The Labute approximate surface area is 162 Å². The van der Waals surface area contributed by atoms with Crippen molar-refractivity contribution in [3.8, 4) is 0 Å². The molecule has 27 heavy (non-hydrogen) atoms. The molecule has 3 aromatic rings. The van der Waals surface area contributed by atoms with E-state index in [0.717, 1.165) is 10.9 Å². The summed E-state index contributed by atoms with van der Waals surface area (Å²) in [5, 5.41) is 4.97. The fourth-order valence-electron chi connectivity index (χ4n) is 3.38. The summed E-state index contributed by atoms with van der Waals surface area (Å²) < 4.78 is 27.0. The molecular formula is C20H17ClN2O3S. The van der Waals surface area contributed by atoms with Crippen molar-refractivity contribution in [2.45, 2.75) is 17.9 Å². The van der Waals surface area contributed by atoms with Gasteiger partial charge in [-0.2, -0.15) is 0 Å². The van der Waals surface area contributed by atoms with Crippen LogP contribution in [-0.4, -0.2) is 20.9 Å². The number of hydrogen-bond donors (Lipinski definition) is 1. The highest BCUT2D eigenvalue weighted by atomic mass is 35.5. The first kappa shape index (κ1) is 17.8. The minimum Gasteiger partial charge on any atom is -0.348 e. The van der Waals surface area contributed by atoms with E-state index in [9.17, 15) is 13.2 Å². The maximum absolute atomic E-state index is 12.9. The van der Waals surface area contributed by atoms with E-state index in [4.69, 9.17) is 11.6 Å². The molecule has 7 heteroatoms. The SMILES string of the molecule is C[C@@H](NC(=O)CN1c2cccc3cccc(c23)S1(=O)=O)c1ccc(Cl)cc1. The van der Waals surface area contributed by atoms with Crippen LogP contribution in [0.4, 0.5) is 5.69 Å². The number of benzene rings is 3. The van der Waals surface area contributed by atoms with Crippen LogP contribution in [0.25, 0.3) is 10.8 Å². The number of nitrogens with zero attached hydrogens (tertiary/aromatic N) is 1. The monoisotopic (exact) mass is 400 g/mol. The van der Waals surface area contributed by atoms with Crippen molar-refractivity contribution in [1.29, 1.82) is 0 Å². The number of anilines is 1. The van der Waals surface area contributed by atoms with Crippen LogP contribution < -0.4 is 9.62 Å². The van der Waals surface area contributed by atoms with Gasteiger partial charge in [-0.1, -0.05) is 48.0 Å². The van der Waals surface area contributed by atoms with Gasteiger partial charge in [-0.15, -0.1) is 0 Å². The Kier molecular flexibility index (Phi) is 4.32. The van der Waals surface area contributed by atoms with Crippen molar-refractivity contribution in [3.63, 3.8) is 0 Å². The van der Waals surface area contributed by atoms with Crippen LogP contribution in [0.2, 0.25) is 5.02 Å². The molecule has 0 radical (unpaired) electrons. The average molecular weight is 401 g/mol. The number of amides is 1. The smallest absolute Gasteiger partial charge is 0.265 e. The van der Waals surface area contributed by atoms with Gasteiger partial charge in [-0.05, 0) is 42.1 Å². The summed E-state index contributed by atoms with van der Waals surface area (Å²) in [5.41, 5.74) is 1.43. The van der Waals surface area contributed by atoms with Crippen LogP contribution in [0.5, 0.6) is 0 Å². The van der Waals surface area contributed by atoms with Crippen molar-refractivity contribution in [3.05, 3.63) is 71.2 Å². The van der Waals surface area contributed by atoms with Crippen molar-refractivity contribution in [2.75, 3.05) is 10.8 Å². The first-order valence-electron chi connectivity index (χ1n) is 8.47. The lowest BCUT2D eigenvalue weighted by Gasteiger charge is -2.20. The molecule has 1 heterocycles. The van der Waals surface area contributed by atoms with Crippen LogP contribution in [0.1, 0.15) is 18.5 Å². The Morgan fingerprint density at radius 3 is 2.44 bits per heavy atom. The molecule has 0 aromatic heterocycles. The van der Waals surface area contributed by atoms with E-state index in [1.165, 1.54) is 4.31 Å². The molecule has 1 aliphatic rings. The number of carbonyl (C=O) groups excluding carboxylic acids is 1. The molecule has 5 nitrogen and oxygen atoms in total. The maximum atomic E-state index is 12.9. The van der Waals surface area contributed by atoms with Crippen molar-refractivity contribution < 1.29 is 13.2 Å². The van der Waals surface area contributed by atoms with E-state index in [0.29, 0.717) is 16.1 Å². The van der Waals surface area contributed by atoms with Crippen molar-refractivity contribution >= 4 is 44.0 Å². The third-order valence-electron chi connectivity index (χ3n) is 4.72. The minimum atomic E-state index is -3.74. The molecule has 1 atom stereocenters. The van der Waals surface area contributed by atoms with Crippen LogP contribution >= 0.6 is 11.6 Å². The average Bonchev–Trinajstić information content (AvgIpc) is 2.86. The molecule has 1 N–H and O–H groups in total. The van der Waals surface area contributed by atoms with Gasteiger partial charge < -0.3 is 5.32 Å². The predicted octanol–water partition coefficient (Wildman–Crippen LogP) is 3.88. The molecule has 0 unspecified atom stereocenters. The molecule has 0 saturated heterocycles. The van der Waals surface area contributed by atoms with Crippen LogP contribution in [-0.2, 0) is 14.8 Å². The van der Waals surface area contributed by atoms with Gasteiger partial charge in [-0.25, -0.2) is 8.42 Å². The Morgan fingerprint density at radius 2 is 1.74 bits per heavy atom. The first-order chi connectivity index (χ1) is 12.9. The van der Waals surface area contributed by atoms with Gasteiger partial charge in [0.15, 0.2) is 0 Å². The fourth-order valence-corrected chi connectivity index (χ4v) is 5.17. The normalized spacial score (nSPS) is 15.7. The highest BCUT2D eigenvalue weighted by Crippen LogP contribution is 2.41. The second-order valence-corrected chi connectivity index (χ2v) is 8.75. The Balaban J connectivity index is 1.59. The minimum absolute atomic E-state index is 0.245. The molecule has 3 aromatic carbocycles. The molecule has 1 aliphatic heterocycles. The third kappa shape index (κ3) is 3.05. The van der Waals surface area contributed by atoms with Gasteiger partial charge in [0.1, 0.15) is 6.54 Å². The molecule has 138 valence electrons. The number of halogens is 1. The van der Waals surface area contributed by atoms with Crippen LogP contribution in [0.3, 0.4) is 0 Å². The number of rotatable bonds is 4. The third-order valence-corrected chi connectivity index (χ3v) is 6.77. The summed E-state index contributed by atoms with van der Waals surface area (Å²) in [6.45, 7) is 1.57. The van der Waals surface area contributed by atoms with E-state index in [1.54, 1.807) is 36.4 Å². The zero-order valence-electron chi connectivity index (χ0n) is 14.5. The predicted molar refractivity (Wildman–Crippen MR) is 106 cm³/mol. The number of sulfonamides is 1. The van der Waals surface area contributed by atoms with E-state index < -0.39 is 10.0 Å². The molecule has 0 aliphatic carbocycles. The lowest BCUT2D eigenvalue weighted by Crippen LogP contribution is -2.39. The highest BCUT2D eigenvalue weighted by Gasteiger charge is 2.36. The maximum Gasteiger partial charge on any atom is 0.265 e. The summed E-state index contributed by atoms with van der Waals surface area (Å²) >= 11 is 5.89. The topological polar surface area (TPSA) is 66.5 Å². The second kappa shape index (κ2) is 6.55. The van der Waals surface area contributed by atoms with Crippen LogP contribution in [0, 0.1) is 0 Å². The van der Waals surface area contributed by atoms with Crippen molar-refractivity contribution in [2.24, 2.45) is 0 Å².